The molecule has 1 heterocycles. The highest BCUT2D eigenvalue weighted by Crippen LogP contribution is 2.40. The van der Waals surface area contributed by atoms with E-state index < -0.39 is 17.2 Å². The van der Waals surface area contributed by atoms with Crippen molar-refractivity contribution < 1.29 is 28.1 Å². The molecule has 1 unspecified atom stereocenters. The van der Waals surface area contributed by atoms with Crippen LogP contribution in [0.1, 0.15) is 15.9 Å². The number of hydrogen-bond acceptors (Lipinski definition) is 6. The molecule has 0 aliphatic rings. The fourth-order valence-corrected chi connectivity index (χ4v) is 4.44. The maximum absolute atomic E-state index is 12.1. The highest BCUT2D eigenvalue weighted by Gasteiger charge is 2.23. The number of nitrogens with zero attached hydrogens (tertiary/aromatic N) is 2. The summed E-state index contributed by atoms with van der Waals surface area (Å²) in [6.07, 6.45) is 5.35. The minimum Gasteiger partial charge on any atom is -0.495 e. The first-order valence-corrected chi connectivity index (χ1v) is 10.9. The number of rotatable bonds is 9. The van der Waals surface area contributed by atoms with Crippen molar-refractivity contribution in [3.05, 3.63) is 65.9 Å². The molecule has 0 saturated carbocycles. The third-order valence-electron chi connectivity index (χ3n) is 4.23. The Bertz CT molecular complexity index is 1110. The highest BCUT2D eigenvalue weighted by atomic mass is 32.2. The number of hydrogen-bond donors (Lipinski definition) is 2. The first-order chi connectivity index (χ1) is 14.9. The molecule has 8 nitrogen and oxygen atoms in total. The average Bonchev–Trinajstić information content (AvgIpc) is 3.24. The van der Waals surface area contributed by atoms with Crippen LogP contribution in [0.2, 0.25) is 0 Å². The smallest absolute Gasteiger partial charge is 0.335 e. The van der Waals surface area contributed by atoms with Crippen LogP contribution in [0.25, 0.3) is 16.6 Å². The lowest BCUT2D eigenvalue weighted by atomic mass is 10.1. The fourth-order valence-electron chi connectivity index (χ4n) is 2.77. The summed E-state index contributed by atoms with van der Waals surface area (Å²) in [5.41, 5.74) is 2.13. The quantitative estimate of drug-likeness (QED) is 0.454. The molecule has 2 N–H and O–H groups in total. The van der Waals surface area contributed by atoms with E-state index in [0.717, 1.165) is 15.4 Å². The molecule has 31 heavy (non-hydrogen) atoms. The number of aromatic carboxylic acids is 1. The molecule has 0 fully saturated rings. The maximum Gasteiger partial charge on any atom is 0.335 e. The summed E-state index contributed by atoms with van der Waals surface area (Å²) in [6, 6.07) is 11.8. The van der Waals surface area contributed by atoms with Crippen molar-refractivity contribution in [3.63, 3.8) is 0 Å². The standard InChI is InChI=1S/C21H20N2O6S2/c1-28-11-3-4-14-5-7-15(8-6-14)20-22-13-19(30-20)23(31(26)27)17-10-9-16(21(24)25)12-18(17)29-2/h3-10,12-13H,11H2,1-2H3,(H,24,25)(H,26,27)/b4-3+. The van der Waals surface area contributed by atoms with Gasteiger partial charge in [-0.05, 0) is 23.8 Å². The number of carboxylic acid groups (broad SMARTS) is 1. The Labute approximate surface area is 185 Å². The maximum atomic E-state index is 12.1. The summed E-state index contributed by atoms with van der Waals surface area (Å²) in [5, 5.41) is 10.2. The van der Waals surface area contributed by atoms with Crippen LogP contribution >= 0.6 is 11.3 Å². The van der Waals surface area contributed by atoms with Gasteiger partial charge in [0.25, 0.3) is 11.3 Å². The molecule has 0 spiro atoms. The number of thiazole rings is 1. The topological polar surface area (TPSA) is 109 Å². The SMILES string of the molecule is COC/C=C/c1ccc(-c2ncc(N(c3ccc(C(=O)O)cc3OC)S(=O)O)s2)cc1. The molecular weight excluding hydrogens is 440 g/mol. The molecular formula is C21H20N2O6S2. The van der Waals surface area contributed by atoms with E-state index in [9.17, 15) is 18.7 Å². The lowest BCUT2D eigenvalue weighted by Crippen LogP contribution is -2.19. The molecule has 162 valence electrons. The van der Waals surface area contributed by atoms with Gasteiger partial charge in [0, 0.05) is 12.7 Å². The van der Waals surface area contributed by atoms with E-state index in [2.05, 4.69) is 4.98 Å². The Morgan fingerprint density at radius 2 is 1.97 bits per heavy atom. The van der Waals surface area contributed by atoms with Crippen LogP contribution in [0, 0.1) is 0 Å². The van der Waals surface area contributed by atoms with Crippen molar-refractivity contribution in [1.82, 2.24) is 4.98 Å². The molecule has 1 aromatic heterocycles. The van der Waals surface area contributed by atoms with E-state index in [1.165, 1.54) is 42.8 Å². The van der Waals surface area contributed by atoms with Gasteiger partial charge in [-0.25, -0.2) is 18.3 Å². The summed E-state index contributed by atoms with van der Waals surface area (Å²) in [7, 11) is 3.00. The fraction of sp³-hybridized carbons (Fsp3) is 0.143. The van der Waals surface area contributed by atoms with Gasteiger partial charge in [-0.15, -0.1) is 0 Å². The molecule has 0 aliphatic heterocycles. The molecule has 0 radical (unpaired) electrons. The van der Waals surface area contributed by atoms with E-state index in [1.54, 1.807) is 7.11 Å². The predicted molar refractivity (Wildman–Crippen MR) is 121 cm³/mol. The summed E-state index contributed by atoms with van der Waals surface area (Å²) < 4.78 is 33.4. The Balaban J connectivity index is 1.92. The molecule has 10 heteroatoms. The van der Waals surface area contributed by atoms with Gasteiger partial charge in [-0.2, -0.15) is 0 Å². The van der Waals surface area contributed by atoms with Gasteiger partial charge in [-0.1, -0.05) is 47.8 Å². The number of benzene rings is 2. The van der Waals surface area contributed by atoms with Gasteiger partial charge < -0.3 is 14.6 Å². The van der Waals surface area contributed by atoms with E-state index >= 15 is 0 Å². The molecule has 3 aromatic rings. The Hall–Kier alpha value is -3.05. The Kier molecular flexibility index (Phi) is 7.53. The van der Waals surface area contributed by atoms with Crippen molar-refractivity contribution in [1.29, 1.82) is 0 Å². The van der Waals surface area contributed by atoms with Crippen LogP contribution in [0.5, 0.6) is 5.75 Å². The van der Waals surface area contributed by atoms with Crippen molar-refractivity contribution in [2.75, 3.05) is 25.1 Å². The number of aromatic nitrogens is 1. The molecule has 2 aromatic carbocycles. The van der Waals surface area contributed by atoms with E-state index in [0.29, 0.717) is 16.6 Å². The predicted octanol–water partition coefficient (Wildman–Crippen LogP) is 4.45. The number of carbonyl (C=O) groups is 1. The number of ether oxygens (including phenoxy) is 2. The van der Waals surface area contributed by atoms with Crippen molar-refractivity contribution in [2.24, 2.45) is 0 Å². The lowest BCUT2D eigenvalue weighted by Gasteiger charge is -2.20. The monoisotopic (exact) mass is 460 g/mol. The largest absolute Gasteiger partial charge is 0.495 e. The van der Waals surface area contributed by atoms with Gasteiger partial charge in [-0.3, -0.25) is 4.55 Å². The van der Waals surface area contributed by atoms with Gasteiger partial charge >= 0.3 is 5.97 Å². The van der Waals surface area contributed by atoms with Crippen LogP contribution in [-0.2, 0) is 16.0 Å². The first-order valence-electron chi connectivity index (χ1n) is 8.98. The molecule has 0 saturated heterocycles. The van der Waals surface area contributed by atoms with Crippen LogP contribution in [0.3, 0.4) is 0 Å². The summed E-state index contributed by atoms with van der Waals surface area (Å²) >= 11 is -1.20. The zero-order valence-electron chi connectivity index (χ0n) is 16.7. The van der Waals surface area contributed by atoms with Crippen LogP contribution in [-0.4, -0.2) is 45.6 Å². The lowest BCUT2D eigenvalue weighted by molar-refractivity contribution is 0.0696. The second-order valence-electron chi connectivity index (χ2n) is 6.20. The number of anilines is 2. The van der Waals surface area contributed by atoms with E-state index in [4.69, 9.17) is 9.47 Å². The second kappa shape index (κ2) is 10.3. The average molecular weight is 461 g/mol. The summed E-state index contributed by atoms with van der Waals surface area (Å²) in [5.74, 6) is -0.966. The third kappa shape index (κ3) is 5.36. The third-order valence-corrected chi connectivity index (χ3v) is 6.08. The van der Waals surface area contributed by atoms with Gasteiger partial charge in [0.1, 0.15) is 15.8 Å². The highest BCUT2D eigenvalue weighted by molar-refractivity contribution is 7.81. The number of carboxylic acids is 1. The number of methoxy groups -OCH3 is 2. The van der Waals surface area contributed by atoms with Crippen molar-refractivity contribution in [2.45, 2.75) is 0 Å². The Morgan fingerprint density at radius 3 is 2.58 bits per heavy atom. The van der Waals surface area contributed by atoms with Gasteiger partial charge in [0.05, 0.1) is 31.2 Å². The van der Waals surface area contributed by atoms with Gasteiger partial charge in [0.15, 0.2) is 0 Å². The molecule has 3 rings (SSSR count). The van der Waals surface area contributed by atoms with Crippen LogP contribution < -0.4 is 9.04 Å². The molecule has 1 atom stereocenters. The molecule has 0 aliphatic carbocycles. The first kappa shape index (κ1) is 22.6. The summed E-state index contributed by atoms with van der Waals surface area (Å²) in [4.78, 5) is 15.6. The van der Waals surface area contributed by atoms with E-state index in [1.807, 2.05) is 36.4 Å². The molecule has 0 amide bonds. The zero-order valence-corrected chi connectivity index (χ0v) is 18.4. The zero-order chi connectivity index (χ0) is 22.4. The van der Waals surface area contributed by atoms with Crippen LogP contribution in [0.4, 0.5) is 10.7 Å². The molecule has 0 bridgehead atoms. The second-order valence-corrected chi connectivity index (χ2v) is 8.04. The minimum absolute atomic E-state index is 0.00824. The Morgan fingerprint density at radius 1 is 1.23 bits per heavy atom. The van der Waals surface area contributed by atoms with Crippen molar-refractivity contribution in [3.8, 4) is 16.3 Å². The van der Waals surface area contributed by atoms with E-state index in [-0.39, 0.29) is 17.0 Å². The normalized spacial score (nSPS) is 12.1. The van der Waals surface area contributed by atoms with Crippen molar-refractivity contribution >= 4 is 45.3 Å². The summed E-state index contributed by atoms with van der Waals surface area (Å²) in [6.45, 7) is 0.530. The minimum atomic E-state index is -2.43. The van der Waals surface area contributed by atoms with Gasteiger partial charge in [0.2, 0.25) is 0 Å². The van der Waals surface area contributed by atoms with Crippen LogP contribution in [0.15, 0.2) is 54.7 Å².